The Bertz CT molecular complexity index is 1320. The number of nitrogens with one attached hydrogen (secondary N) is 1. The molecule has 0 saturated heterocycles. The molecule has 0 saturated carbocycles. The lowest BCUT2D eigenvalue weighted by Gasteiger charge is -2.19. The molecule has 0 bridgehead atoms. The molecule has 1 amide bonds. The van der Waals surface area contributed by atoms with Crippen LogP contribution in [0.4, 0.5) is 0 Å². The van der Waals surface area contributed by atoms with Gasteiger partial charge in [0.05, 0.1) is 5.97 Å². The molecule has 7 heteroatoms. The maximum atomic E-state index is 11.9. The maximum absolute atomic E-state index is 11.9. The summed E-state index contributed by atoms with van der Waals surface area (Å²) >= 11 is 0. The van der Waals surface area contributed by atoms with E-state index in [1.807, 2.05) is 0 Å². The summed E-state index contributed by atoms with van der Waals surface area (Å²) in [7, 11) is 1.44. The molecule has 7 nitrogen and oxygen atoms in total. The zero-order chi connectivity index (χ0) is 20.7. The van der Waals surface area contributed by atoms with Gasteiger partial charge in [-0.3, -0.25) is 9.59 Å². The SMILES string of the molecule is CNC(=O)c1ccc(-c2c3ccc(=O)cc-3oc3cc([O-])ccc23)c(C(=O)[O-])c1. The van der Waals surface area contributed by atoms with Crippen molar-refractivity contribution in [3.8, 4) is 28.2 Å². The van der Waals surface area contributed by atoms with Crippen molar-refractivity contribution < 1.29 is 24.2 Å². The van der Waals surface area contributed by atoms with E-state index in [4.69, 9.17) is 4.42 Å². The number of rotatable bonds is 3. The largest absolute Gasteiger partial charge is 0.872 e. The van der Waals surface area contributed by atoms with Gasteiger partial charge in [-0.15, -0.1) is 5.75 Å². The first-order valence-corrected chi connectivity index (χ1v) is 8.64. The molecular weight excluding hydrogens is 374 g/mol. The van der Waals surface area contributed by atoms with Crippen LogP contribution in [-0.4, -0.2) is 18.9 Å². The lowest BCUT2D eigenvalue weighted by molar-refractivity contribution is -0.268. The number of carboxylic acid groups (broad SMARTS) is 1. The third-order valence-corrected chi connectivity index (χ3v) is 4.66. The van der Waals surface area contributed by atoms with Crippen LogP contribution in [0.25, 0.3) is 33.4 Å². The van der Waals surface area contributed by atoms with Crippen molar-refractivity contribution in [2.24, 2.45) is 0 Å². The van der Waals surface area contributed by atoms with E-state index in [9.17, 15) is 24.6 Å². The Morgan fingerprint density at radius 3 is 2.45 bits per heavy atom. The average molecular weight is 387 g/mol. The number of amides is 1. The summed E-state index contributed by atoms with van der Waals surface area (Å²) in [4.78, 5) is 35.6. The van der Waals surface area contributed by atoms with Crippen LogP contribution in [-0.2, 0) is 0 Å². The summed E-state index contributed by atoms with van der Waals surface area (Å²) < 4.78 is 5.72. The molecular formula is C22H13NO6-2. The monoisotopic (exact) mass is 387 g/mol. The van der Waals surface area contributed by atoms with Crippen molar-refractivity contribution in [3.05, 3.63) is 75.9 Å². The normalized spacial score (nSPS) is 10.9. The summed E-state index contributed by atoms with van der Waals surface area (Å²) in [5.41, 5.74) is 1.12. The second-order valence-electron chi connectivity index (χ2n) is 6.42. The van der Waals surface area contributed by atoms with Gasteiger partial charge in [-0.1, -0.05) is 18.2 Å². The van der Waals surface area contributed by atoms with Crippen LogP contribution in [0, 0.1) is 0 Å². The van der Waals surface area contributed by atoms with Crippen LogP contribution in [0.2, 0.25) is 0 Å². The lowest BCUT2D eigenvalue weighted by Crippen LogP contribution is -2.25. The van der Waals surface area contributed by atoms with Crippen LogP contribution < -0.4 is 21.0 Å². The van der Waals surface area contributed by atoms with Crippen molar-refractivity contribution in [1.82, 2.24) is 5.32 Å². The molecule has 0 atom stereocenters. The second-order valence-corrected chi connectivity index (χ2v) is 6.42. The van der Waals surface area contributed by atoms with Crippen LogP contribution in [0.15, 0.2) is 63.8 Å². The highest BCUT2D eigenvalue weighted by Crippen LogP contribution is 2.41. The van der Waals surface area contributed by atoms with Crippen molar-refractivity contribution in [2.45, 2.75) is 0 Å². The molecule has 144 valence electrons. The predicted molar refractivity (Wildman–Crippen MR) is 102 cm³/mol. The quantitative estimate of drug-likeness (QED) is 0.530. The molecule has 0 aromatic heterocycles. The highest BCUT2D eigenvalue weighted by atomic mass is 16.4. The summed E-state index contributed by atoms with van der Waals surface area (Å²) in [6.07, 6.45) is 0. The smallest absolute Gasteiger partial charge is 0.251 e. The van der Waals surface area contributed by atoms with E-state index in [1.165, 1.54) is 61.6 Å². The zero-order valence-electron chi connectivity index (χ0n) is 15.1. The summed E-state index contributed by atoms with van der Waals surface area (Å²) in [5, 5.41) is 26.6. The summed E-state index contributed by atoms with van der Waals surface area (Å²) in [6.45, 7) is 0. The Morgan fingerprint density at radius 1 is 0.966 bits per heavy atom. The van der Waals surface area contributed by atoms with Crippen molar-refractivity contribution >= 4 is 22.8 Å². The van der Waals surface area contributed by atoms with Crippen LogP contribution >= 0.6 is 0 Å². The molecule has 2 aromatic carbocycles. The molecule has 4 rings (SSSR count). The molecule has 0 unspecified atom stereocenters. The van der Waals surface area contributed by atoms with Gasteiger partial charge >= 0.3 is 0 Å². The van der Waals surface area contributed by atoms with Crippen LogP contribution in [0.3, 0.4) is 0 Å². The molecule has 0 radical (unpaired) electrons. The lowest BCUT2D eigenvalue weighted by atomic mass is 9.90. The summed E-state index contributed by atoms with van der Waals surface area (Å²) in [6, 6.07) is 12.5. The zero-order valence-corrected chi connectivity index (χ0v) is 15.1. The standard InChI is InChI=1S/C22H15NO6/c1-23-21(26)11-2-5-14(17(8-11)22(27)28)20-15-6-3-12(24)9-18(15)29-19-10-13(25)4-7-16(19)20/h2-10,24H,1H3,(H,23,26)(H,27,28)/p-2. The molecule has 1 aliphatic carbocycles. The van der Waals surface area contributed by atoms with Gasteiger partial charge < -0.3 is 24.7 Å². The maximum Gasteiger partial charge on any atom is 0.251 e. The number of benzene rings is 3. The highest BCUT2D eigenvalue weighted by Gasteiger charge is 2.20. The van der Waals surface area contributed by atoms with E-state index in [0.29, 0.717) is 16.5 Å². The number of carboxylic acids is 1. The number of hydrogen-bond acceptors (Lipinski definition) is 6. The molecule has 0 spiro atoms. The molecule has 1 N–H and O–H groups in total. The molecule has 1 heterocycles. The first kappa shape index (κ1) is 18.2. The van der Waals surface area contributed by atoms with Crippen molar-refractivity contribution in [1.29, 1.82) is 0 Å². The third-order valence-electron chi connectivity index (χ3n) is 4.66. The molecule has 2 aromatic rings. The van der Waals surface area contributed by atoms with E-state index in [1.54, 1.807) is 0 Å². The number of carbonyl (C=O) groups excluding carboxylic acids is 2. The Morgan fingerprint density at radius 2 is 1.72 bits per heavy atom. The minimum Gasteiger partial charge on any atom is -0.872 e. The number of fused-ring (bicyclic) bond motifs is 2. The van der Waals surface area contributed by atoms with E-state index < -0.39 is 11.9 Å². The van der Waals surface area contributed by atoms with E-state index in [2.05, 4.69) is 5.32 Å². The van der Waals surface area contributed by atoms with Gasteiger partial charge in [-0.2, -0.15) is 0 Å². The molecule has 2 aliphatic rings. The second kappa shape index (κ2) is 6.79. The van der Waals surface area contributed by atoms with Gasteiger partial charge in [0.2, 0.25) is 0 Å². The predicted octanol–water partition coefficient (Wildman–Crippen LogP) is 1.36. The van der Waals surface area contributed by atoms with Gasteiger partial charge in [0.15, 0.2) is 5.43 Å². The summed E-state index contributed by atoms with van der Waals surface area (Å²) in [5.74, 6) is -1.98. The minimum atomic E-state index is -1.46. The Hall–Kier alpha value is -4.13. The van der Waals surface area contributed by atoms with E-state index >= 15 is 0 Å². The van der Waals surface area contributed by atoms with Gasteiger partial charge in [-0.25, -0.2) is 0 Å². The topological polar surface area (TPSA) is 122 Å². The fourth-order valence-corrected chi connectivity index (χ4v) is 3.36. The Labute approximate surface area is 164 Å². The first-order chi connectivity index (χ1) is 13.9. The number of hydrogen-bond donors (Lipinski definition) is 1. The number of carbonyl (C=O) groups is 2. The van der Waals surface area contributed by atoms with E-state index in [0.717, 1.165) is 0 Å². The third kappa shape index (κ3) is 3.08. The van der Waals surface area contributed by atoms with Gasteiger partial charge in [0.25, 0.3) is 5.91 Å². The molecule has 1 aliphatic heterocycles. The Balaban J connectivity index is 2.14. The van der Waals surface area contributed by atoms with Gasteiger partial charge in [-0.05, 0) is 35.9 Å². The van der Waals surface area contributed by atoms with Crippen molar-refractivity contribution in [3.63, 3.8) is 0 Å². The van der Waals surface area contributed by atoms with Crippen molar-refractivity contribution in [2.75, 3.05) is 7.05 Å². The minimum absolute atomic E-state index is 0.161. The fourth-order valence-electron chi connectivity index (χ4n) is 3.36. The highest BCUT2D eigenvalue weighted by molar-refractivity contribution is 6.08. The van der Waals surface area contributed by atoms with Crippen LogP contribution in [0.5, 0.6) is 5.75 Å². The first-order valence-electron chi connectivity index (χ1n) is 8.64. The van der Waals surface area contributed by atoms with Gasteiger partial charge in [0.1, 0.15) is 11.3 Å². The fraction of sp³-hybridized carbons (Fsp3) is 0.0455. The average Bonchev–Trinajstić information content (AvgIpc) is 2.70. The van der Waals surface area contributed by atoms with E-state index in [-0.39, 0.29) is 39.2 Å². The molecule has 0 fully saturated rings. The Kier molecular flexibility index (Phi) is 4.27. The van der Waals surface area contributed by atoms with Gasteiger partial charge in [0, 0.05) is 40.8 Å². The van der Waals surface area contributed by atoms with Crippen LogP contribution in [0.1, 0.15) is 20.7 Å². The number of aromatic carboxylic acids is 1. The molecule has 29 heavy (non-hydrogen) atoms.